The van der Waals surface area contributed by atoms with Crippen molar-refractivity contribution in [1.82, 2.24) is 24.4 Å². The first-order chi connectivity index (χ1) is 7.61. The van der Waals surface area contributed by atoms with Crippen molar-refractivity contribution in [2.45, 2.75) is 5.25 Å². The molecule has 8 nitrogen and oxygen atoms in total. The first-order valence-electron chi connectivity index (χ1n) is 4.10. The van der Waals surface area contributed by atoms with E-state index in [4.69, 9.17) is 0 Å². The van der Waals surface area contributed by atoms with Gasteiger partial charge in [0, 0.05) is 11.5 Å². The second-order valence-electron chi connectivity index (χ2n) is 2.89. The summed E-state index contributed by atoms with van der Waals surface area (Å²) in [4.78, 5) is 14.1. The molecule has 1 unspecified atom stereocenters. The van der Waals surface area contributed by atoms with Gasteiger partial charge in [-0.3, -0.25) is 0 Å². The summed E-state index contributed by atoms with van der Waals surface area (Å²) in [7, 11) is 1.55. The third-order valence-corrected chi connectivity index (χ3v) is 3.29. The van der Waals surface area contributed by atoms with E-state index >= 15 is 0 Å². The molecule has 0 aliphatic rings. The lowest BCUT2D eigenvalue weighted by Crippen LogP contribution is -2.05. The predicted molar refractivity (Wildman–Crippen MR) is 58.4 cm³/mol. The molecular formula is C6H6N6O2S2. The fourth-order valence-electron chi connectivity index (χ4n) is 1.19. The van der Waals surface area contributed by atoms with E-state index in [0.29, 0.717) is 10.8 Å². The van der Waals surface area contributed by atoms with E-state index in [1.54, 1.807) is 7.05 Å². The van der Waals surface area contributed by atoms with E-state index in [1.807, 2.05) is 0 Å². The van der Waals surface area contributed by atoms with Crippen LogP contribution in [0.4, 0.5) is 5.82 Å². The van der Waals surface area contributed by atoms with Gasteiger partial charge in [-0.2, -0.15) is 12.6 Å². The van der Waals surface area contributed by atoms with Crippen LogP contribution in [0.5, 0.6) is 0 Å². The molecule has 84 valence electrons. The highest BCUT2D eigenvalue weighted by Gasteiger charge is 2.25. The van der Waals surface area contributed by atoms with E-state index in [0.717, 1.165) is 11.5 Å². The van der Waals surface area contributed by atoms with Crippen LogP contribution < -0.4 is 0 Å². The molecule has 1 atom stereocenters. The first kappa shape index (κ1) is 11.0. The summed E-state index contributed by atoms with van der Waals surface area (Å²) in [6.07, 6.45) is 1.19. The summed E-state index contributed by atoms with van der Waals surface area (Å²) < 4.78 is 4.96. The summed E-state index contributed by atoms with van der Waals surface area (Å²) >= 11 is 5.37. The number of nitrogens with zero attached hydrogens (tertiary/aromatic N) is 6. The van der Waals surface area contributed by atoms with E-state index in [1.165, 1.54) is 10.8 Å². The van der Waals surface area contributed by atoms with Crippen LogP contribution in [-0.4, -0.2) is 29.3 Å². The Balaban J connectivity index is 2.38. The number of rotatable bonds is 3. The highest BCUT2D eigenvalue weighted by Crippen LogP contribution is 2.28. The van der Waals surface area contributed by atoms with Crippen LogP contribution in [0.1, 0.15) is 16.1 Å². The van der Waals surface area contributed by atoms with Gasteiger partial charge in [-0.05, 0) is 10.1 Å². The van der Waals surface area contributed by atoms with Gasteiger partial charge >= 0.3 is 5.82 Å². The minimum atomic E-state index is -0.505. The van der Waals surface area contributed by atoms with Crippen molar-refractivity contribution in [2.24, 2.45) is 7.05 Å². The van der Waals surface area contributed by atoms with Crippen LogP contribution in [0.2, 0.25) is 0 Å². The predicted octanol–water partition coefficient (Wildman–Crippen LogP) is 0.594. The molecule has 0 radical (unpaired) electrons. The number of nitro groups is 1. The summed E-state index contributed by atoms with van der Waals surface area (Å²) in [5, 5.41) is 17.9. The molecular weight excluding hydrogens is 252 g/mol. The topological polar surface area (TPSA) is 99.6 Å². The fourth-order valence-corrected chi connectivity index (χ4v) is 2.06. The Kier molecular flexibility index (Phi) is 2.83. The van der Waals surface area contributed by atoms with E-state index in [2.05, 4.69) is 32.4 Å². The van der Waals surface area contributed by atoms with Gasteiger partial charge in [0.15, 0.2) is 5.01 Å². The largest absolute Gasteiger partial charge is 0.358 e. The van der Waals surface area contributed by atoms with Gasteiger partial charge in [0.2, 0.25) is 5.82 Å². The van der Waals surface area contributed by atoms with Crippen molar-refractivity contribution in [3.63, 3.8) is 0 Å². The summed E-state index contributed by atoms with van der Waals surface area (Å²) in [5.41, 5.74) is 0. The fraction of sp³-hybridized carbons (Fsp3) is 0.333. The Labute approximate surface area is 99.0 Å². The average Bonchev–Trinajstić information content (AvgIpc) is 2.84. The molecule has 0 saturated heterocycles. The van der Waals surface area contributed by atoms with E-state index < -0.39 is 10.2 Å². The second kappa shape index (κ2) is 4.14. The maximum absolute atomic E-state index is 10.6. The summed E-state index contributed by atoms with van der Waals surface area (Å²) in [6.45, 7) is 0. The number of hydrogen-bond acceptors (Lipinski definition) is 8. The normalized spacial score (nSPS) is 12.6. The zero-order valence-corrected chi connectivity index (χ0v) is 9.72. The smallest absolute Gasteiger partial charge is 0.342 e. The second-order valence-corrected chi connectivity index (χ2v) is 4.17. The van der Waals surface area contributed by atoms with Crippen molar-refractivity contribution in [3.8, 4) is 0 Å². The van der Waals surface area contributed by atoms with Gasteiger partial charge in [-0.15, -0.1) is 5.10 Å². The third kappa shape index (κ3) is 1.76. The number of aromatic nitrogens is 5. The lowest BCUT2D eigenvalue weighted by molar-refractivity contribution is -0.391. The molecule has 2 heterocycles. The van der Waals surface area contributed by atoms with Crippen LogP contribution in [0, 0.1) is 10.1 Å². The molecule has 0 N–H and O–H groups in total. The Hall–Kier alpha value is -1.55. The van der Waals surface area contributed by atoms with Gasteiger partial charge in [-0.25, -0.2) is 9.55 Å². The molecule has 16 heavy (non-hydrogen) atoms. The van der Waals surface area contributed by atoms with Crippen molar-refractivity contribution in [1.29, 1.82) is 0 Å². The lowest BCUT2D eigenvalue weighted by Gasteiger charge is -2.02. The van der Waals surface area contributed by atoms with Crippen LogP contribution in [0.3, 0.4) is 0 Å². The van der Waals surface area contributed by atoms with Crippen molar-refractivity contribution < 1.29 is 4.92 Å². The number of hydrogen-bond donors (Lipinski definition) is 1. The van der Waals surface area contributed by atoms with Gasteiger partial charge in [-0.1, -0.05) is 4.49 Å². The van der Waals surface area contributed by atoms with E-state index in [9.17, 15) is 10.1 Å². The van der Waals surface area contributed by atoms with E-state index in [-0.39, 0.29) is 5.82 Å². The molecule has 0 aromatic carbocycles. The van der Waals surface area contributed by atoms with Crippen LogP contribution in [-0.2, 0) is 7.05 Å². The summed E-state index contributed by atoms with van der Waals surface area (Å²) in [6, 6.07) is 0. The van der Waals surface area contributed by atoms with Crippen LogP contribution in [0.15, 0.2) is 6.20 Å². The number of imidazole rings is 1. The Morgan fingerprint density at radius 1 is 1.69 bits per heavy atom. The molecule has 2 rings (SSSR count). The third-order valence-electron chi connectivity index (χ3n) is 1.98. The van der Waals surface area contributed by atoms with Crippen LogP contribution >= 0.6 is 24.2 Å². The lowest BCUT2D eigenvalue weighted by atomic mass is 10.4. The average molecular weight is 258 g/mol. The van der Waals surface area contributed by atoms with Crippen LogP contribution in [0.25, 0.3) is 0 Å². The van der Waals surface area contributed by atoms with Gasteiger partial charge in [0.05, 0.1) is 7.05 Å². The molecule has 0 bridgehead atoms. The zero-order valence-electron chi connectivity index (χ0n) is 8.01. The molecule has 0 saturated carbocycles. The molecule has 2 aromatic rings. The molecule has 0 spiro atoms. The van der Waals surface area contributed by atoms with Gasteiger partial charge in [0.1, 0.15) is 11.4 Å². The monoisotopic (exact) mass is 258 g/mol. The maximum Gasteiger partial charge on any atom is 0.342 e. The molecule has 0 amide bonds. The standard InChI is InChI=1S/C6H6N6O2S2/c1-11-3(12(13)14)2-7-5(11)4(15)6-8-9-10-16-6/h2,4,15H,1H3. The Morgan fingerprint density at radius 2 is 2.44 bits per heavy atom. The molecule has 0 aliphatic heterocycles. The van der Waals surface area contributed by atoms with Gasteiger partial charge in [0.25, 0.3) is 0 Å². The Morgan fingerprint density at radius 3 is 2.94 bits per heavy atom. The molecule has 2 aromatic heterocycles. The molecule has 0 aliphatic carbocycles. The minimum absolute atomic E-state index is 0.0912. The number of thiol groups is 1. The van der Waals surface area contributed by atoms with Crippen molar-refractivity contribution in [3.05, 3.63) is 27.1 Å². The summed E-state index contributed by atoms with van der Waals surface area (Å²) in [5.74, 6) is 0.347. The minimum Gasteiger partial charge on any atom is -0.358 e. The van der Waals surface area contributed by atoms with Crippen molar-refractivity contribution >= 4 is 30.0 Å². The highest BCUT2D eigenvalue weighted by molar-refractivity contribution is 7.80. The highest BCUT2D eigenvalue weighted by atomic mass is 32.1. The quantitative estimate of drug-likeness (QED) is 0.491. The van der Waals surface area contributed by atoms with Crippen molar-refractivity contribution in [2.75, 3.05) is 0 Å². The SMILES string of the molecule is Cn1c([N+](=O)[O-])cnc1C(S)c1nnns1. The molecule has 10 heteroatoms. The first-order valence-corrected chi connectivity index (χ1v) is 5.39. The molecule has 0 fully saturated rings. The Bertz CT molecular complexity index is 509. The van der Waals surface area contributed by atoms with Gasteiger partial charge < -0.3 is 10.1 Å². The maximum atomic E-state index is 10.6. The zero-order chi connectivity index (χ0) is 11.7.